The second-order valence-corrected chi connectivity index (χ2v) is 6.53. The molecule has 0 aliphatic carbocycles. The molecule has 3 rings (SSSR count). The van der Waals surface area contributed by atoms with Crippen LogP contribution in [0.15, 0.2) is 24.3 Å². The van der Waals surface area contributed by atoms with Gasteiger partial charge in [-0.25, -0.2) is 0 Å². The smallest absolute Gasteiger partial charge is 0.119 e. The number of fused-ring (bicyclic) bond motifs is 2. The maximum atomic E-state index is 8.80. The zero-order valence-corrected chi connectivity index (χ0v) is 14.1. The molecule has 0 radical (unpaired) electrons. The van der Waals surface area contributed by atoms with Crippen LogP contribution in [0.2, 0.25) is 0 Å². The molecule has 2 N–H and O–H groups in total. The molecule has 1 aromatic carbocycles. The topological polar surface area (TPSA) is 74.8 Å². The minimum atomic E-state index is 0.296. The number of morpholine rings is 2. The molecule has 24 heavy (non-hydrogen) atoms. The van der Waals surface area contributed by atoms with Gasteiger partial charge in [-0.1, -0.05) is 0 Å². The van der Waals surface area contributed by atoms with Crippen LogP contribution in [0.1, 0.15) is 12.0 Å². The molecule has 2 heterocycles. The van der Waals surface area contributed by atoms with Crippen molar-refractivity contribution in [1.29, 1.82) is 5.26 Å². The zero-order chi connectivity index (χ0) is 16.8. The maximum Gasteiger partial charge on any atom is 0.119 e. The van der Waals surface area contributed by atoms with Crippen LogP contribution < -0.4 is 10.5 Å². The van der Waals surface area contributed by atoms with Crippen molar-refractivity contribution in [3.8, 4) is 11.8 Å². The molecule has 2 saturated heterocycles. The highest BCUT2D eigenvalue weighted by Gasteiger charge is 2.34. The average Bonchev–Trinajstić information content (AvgIpc) is 2.60. The molecule has 0 aromatic heterocycles. The fourth-order valence-corrected chi connectivity index (χ4v) is 3.46. The Kier molecular flexibility index (Phi) is 6.05. The highest BCUT2D eigenvalue weighted by Crippen LogP contribution is 2.19. The summed E-state index contributed by atoms with van der Waals surface area (Å²) in [5.41, 5.74) is 6.26. The first-order valence-electron chi connectivity index (χ1n) is 8.70. The van der Waals surface area contributed by atoms with E-state index in [1.807, 2.05) is 12.1 Å². The second kappa shape index (κ2) is 8.45. The monoisotopic (exact) mass is 330 g/mol. The Hall–Kier alpha value is -1.65. The Morgan fingerprint density at radius 2 is 1.71 bits per heavy atom. The van der Waals surface area contributed by atoms with Gasteiger partial charge in [-0.3, -0.25) is 9.80 Å². The van der Waals surface area contributed by atoms with Gasteiger partial charge in [0.1, 0.15) is 12.4 Å². The van der Waals surface area contributed by atoms with Crippen molar-refractivity contribution in [1.82, 2.24) is 9.80 Å². The summed E-state index contributed by atoms with van der Waals surface area (Å²) in [6, 6.07) is 9.37. The first-order valence-corrected chi connectivity index (χ1v) is 8.70. The summed E-state index contributed by atoms with van der Waals surface area (Å²) in [5.74, 6) is 0.815. The number of ether oxygens (including phenoxy) is 2. The SMILES string of the molecule is N#Cc1ccc(OCCN2CC3CN(CCCN)CC(C2)O3)cc1. The molecule has 6 nitrogen and oxygen atoms in total. The van der Waals surface area contributed by atoms with Crippen molar-refractivity contribution in [3.05, 3.63) is 29.8 Å². The largest absolute Gasteiger partial charge is 0.492 e. The molecule has 2 fully saturated rings. The number of rotatable bonds is 7. The Bertz CT molecular complexity index is 543. The second-order valence-electron chi connectivity index (χ2n) is 6.53. The lowest BCUT2D eigenvalue weighted by atomic mass is 10.1. The van der Waals surface area contributed by atoms with E-state index in [9.17, 15) is 0 Å². The van der Waals surface area contributed by atoms with E-state index in [0.717, 1.165) is 58.0 Å². The molecule has 2 aliphatic heterocycles. The van der Waals surface area contributed by atoms with E-state index in [-0.39, 0.29) is 0 Å². The van der Waals surface area contributed by atoms with Gasteiger partial charge in [-0.2, -0.15) is 5.26 Å². The van der Waals surface area contributed by atoms with Crippen molar-refractivity contribution in [2.45, 2.75) is 18.6 Å². The number of hydrogen-bond donors (Lipinski definition) is 1. The van der Waals surface area contributed by atoms with Crippen LogP contribution in [0.25, 0.3) is 0 Å². The number of hydrogen-bond acceptors (Lipinski definition) is 6. The van der Waals surface area contributed by atoms with Gasteiger partial charge in [0.2, 0.25) is 0 Å². The summed E-state index contributed by atoms with van der Waals surface area (Å²) in [7, 11) is 0. The van der Waals surface area contributed by atoms with Crippen LogP contribution in [-0.4, -0.2) is 74.4 Å². The molecule has 2 bridgehead atoms. The Morgan fingerprint density at radius 3 is 2.29 bits per heavy atom. The molecular weight excluding hydrogens is 304 g/mol. The van der Waals surface area contributed by atoms with Gasteiger partial charge in [-0.15, -0.1) is 0 Å². The van der Waals surface area contributed by atoms with E-state index in [1.165, 1.54) is 0 Å². The molecule has 6 heteroatoms. The lowest BCUT2D eigenvalue weighted by Crippen LogP contribution is -2.60. The van der Waals surface area contributed by atoms with Crippen LogP contribution in [0.3, 0.4) is 0 Å². The van der Waals surface area contributed by atoms with Crippen molar-refractivity contribution in [2.75, 3.05) is 52.4 Å². The van der Waals surface area contributed by atoms with Crippen LogP contribution in [0.4, 0.5) is 0 Å². The van der Waals surface area contributed by atoms with E-state index in [2.05, 4.69) is 15.9 Å². The van der Waals surface area contributed by atoms with Gasteiger partial charge in [0, 0.05) is 32.7 Å². The quantitative estimate of drug-likeness (QED) is 0.792. The third kappa shape index (κ3) is 4.68. The van der Waals surface area contributed by atoms with Crippen LogP contribution in [0.5, 0.6) is 5.75 Å². The molecule has 0 spiro atoms. The van der Waals surface area contributed by atoms with Crippen LogP contribution >= 0.6 is 0 Å². The minimum absolute atomic E-state index is 0.296. The molecule has 0 amide bonds. The zero-order valence-electron chi connectivity index (χ0n) is 14.1. The van der Waals surface area contributed by atoms with Crippen LogP contribution in [0, 0.1) is 11.3 Å². The fraction of sp³-hybridized carbons (Fsp3) is 0.611. The normalized spacial score (nSPS) is 24.5. The first-order chi connectivity index (χ1) is 11.8. The van der Waals surface area contributed by atoms with Gasteiger partial charge in [0.25, 0.3) is 0 Å². The first kappa shape index (κ1) is 17.2. The predicted octanol–water partition coefficient (Wildman–Crippen LogP) is 0.671. The van der Waals surface area contributed by atoms with Crippen molar-refractivity contribution in [2.24, 2.45) is 5.73 Å². The number of benzene rings is 1. The van der Waals surface area contributed by atoms with E-state index in [4.69, 9.17) is 20.5 Å². The van der Waals surface area contributed by atoms with Gasteiger partial charge >= 0.3 is 0 Å². The van der Waals surface area contributed by atoms with Gasteiger partial charge in [-0.05, 0) is 43.8 Å². The molecule has 1 aromatic rings. The molecule has 2 aliphatic rings. The standard InChI is InChI=1S/C18H26N4O2/c19-6-1-7-21-11-17-13-22(14-18(12-21)24-17)8-9-23-16-4-2-15(10-20)3-5-16/h2-5,17-18H,1,6-9,11-14,19H2. The molecular formula is C18H26N4O2. The van der Waals surface area contributed by atoms with E-state index >= 15 is 0 Å². The lowest BCUT2D eigenvalue weighted by Gasteiger charge is -2.45. The minimum Gasteiger partial charge on any atom is -0.492 e. The maximum absolute atomic E-state index is 8.80. The molecule has 2 atom stereocenters. The van der Waals surface area contributed by atoms with Gasteiger partial charge < -0.3 is 15.2 Å². The Balaban J connectivity index is 1.40. The average molecular weight is 330 g/mol. The van der Waals surface area contributed by atoms with Crippen LogP contribution in [-0.2, 0) is 4.74 Å². The predicted molar refractivity (Wildman–Crippen MR) is 91.9 cm³/mol. The Morgan fingerprint density at radius 1 is 1.08 bits per heavy atom. The third-order valence-electron chi connectivity index (χ3n) is 4.57. The number of nitriles is 1. The third-order valence-corrected chi connectivity index (χ3v) is 4.57. The molecule has 0 saturated carbocycles. The van der Waals surface area contributed by atoms with Gasteiger partial charge in [0.05, 0.1) is 23.8 Å². The fourth-order valence-electron chi connectivity index (χ4n) is 3.46. The van der Waals surface area contributed by atoms with Crippen molar-refractivity contribution in [3.63, 3.8) is 0 Å². The van der Waals surface area contributed by atoms with Crippen molar-refractivity contribution < 1.29 is 9.47 Å². The van der Waals surface area contributed by atoms with Crippen molar-refractivity contribution >= 4 is 0 Å². The van der Waals surface area contributed by atoms with E-state index in [0.29, 0.717) is 24.4 Å². The lowest BCUT2D eigenvalue weighted by molar-refractivity contribution is -0.139. The number of nitrogens with zero attached hydrogens (tertiary/aromatic N) is 3. The summed E-state index contributed by atoms with van der Waals surface area (Å²) in [6.07, 6.45) is 1.65. The van der Waals surface area contributed by atoms with E-state index < -0.39 is 0 Å². The highest BCUT2D eigenvalue weighted by molar-refractivity contribution is 5.34. The summed E-state index contributed by atoms with van der Waals surface area (Å²) in [4.78, 5) is 4.92. The molecule has 130 valence electrons. The van der Waals surface area contributed by atoms with E-state index in [1.54, 1.807) is 12.1 Å². The summed E-state index contributed by atoms with van der Waals surface area (Å²) in [6.45, 7) is 7.33. The number of nitrogens with two attached hydrogens (primary N) is 1. The highest BCUT2D eigenvalue weighted by atomic mass is 16.5. The molecule has 2 unspecified atom stereocenters. The summed E-state index contributed by atoms with van der Waals surface area (Å²) in [5, 5.41) is 8.80. The summed E-state index contributed by atoms with van der Waals surface area (Å²) >= 11 is 0. The summed E-state index contributed by atoms with van der Waals surface area (Å²) < 4.78 is 11.9. The Labute approximate surface area is 143 Å². The van der Waals surface area contributed by atoms with Gasteiger partial charge in [0.15, 0.2) is 0 Å².